The number of nitrogens with two attached hydrogens (primary N) is 1. The molecule has 4 atom stereocenters. The number of hydrogen-bond donors (Lipinski definition) is 2. The molecule has 1 aliphatic heterocycles. The Morgan fingerprint density at radius 3 is 2.05 bits per heavy atom. The van der Waals surface area contributed by atoms with Gasteiger partial charge in [0.1, 0.15) is 17.7 Å². The van der Waals surface area contributed by atoms with Gasteiger partial charge in [-0.05, 0) is 75.3 Å². The normalized spacial score (nSPS) is 20.4. The number of benzene rings is 2. The summed E-state index contributed by atoms with van der Waals surface area (Å²) in [5, 5.41) is 2.79. The molecule has 0 bridgehead atoms. The maximum Gasteiger partial charge on any atom is 0.411 e. The molecule has 0 unspecified atom stereocenters. The van der Waals surface area contributed by atoms with Gasteiger partial charge < -0.3 is 15.8 Å². The summed E-state index contributed by atoms with van der Waals surface area (Å²) in [7, 11) is -3.27. The van der Waals surface area contributed by atoms with E-state index in [1.165, 1.54) is 4.90 Å². The lowest BCUT2D eigenvalue weighted by Gasteiger charge is -2.43. The Hall–Kier alpha value is -3.40. The van der Waals surface area contributed by atoms with Gasteiger partial charge in [0.15, 0.2) is 9.84 Å². The number of hydrogen-bond acceptors (Lipinski definition) is 6. The molecular weight excluding hydrogens is 530 g/mol. The topological polar surface area (TPSA) is 136 Å². The fourth-order valence-corrected chi connectivity index (χ4v) is 5.80. The van der Waals surface area contributed by atoms with Crippen molar-refractivity contribution in [3.8, 4) is 11.1 Å². The van der Waals surface area contributed by atoms with Crippen molar-refractivity contribution < 1.29 is 27.5 Å². The maximum absolute atomic E-state index is 13.5. The molecule has 0 aliphatic carbocycles. The Morgan fingerprint density at radius 1 is 1.00 bits per heavy atom. The zero-order valence-electron chi connectivity index (χ0n) is 24.1. The molecule has 9 nitrogen and oxygen atoms in total. The van der Waals surface area contributed by atoms with Gasteiger partial charge in [0.2, 0.25) is 11.8 Å². The van der Waals surface area contributed by atoms with Crippen molar-refractivity contribution in [1.29, 1.82) is 0 Å². The number of carbonyl (C=O) groups excluding carboxylic acids is 3. The van der Waals surface area contributed by atoms with Crippen LogP contribution in [0.1, 0.15) is 59.9 Å². The molecule has 0 spiro atoms. The van der Waals surface area contributed by atoms with Crippen LogP contribution in [0.3, 0.4) is 0 Å². The number of rotatable bonds is 8. The van der Waals surface area contributed by atoms with Crippen molar-refractivity contribution in [2.24, 2.45) is 11.7 Å². The summed E-state index contributed by atoms with van der Waals surface area (Å²) in [6, 6.07) is 12.2. The van der Waals surface area contributed by atoms with Gasteiger partial charge in [0, 0.05) is 12.5 Å². The average molecular weight is 572 g/mol. The predicted octanol–water partition coefficient (Wildman–Crippen LogP) is 4.08. The van der Waals surface area contributed by atoms with Gasteiger partial charge in [0.25, 0.3) is 0 Å². The van der Waals surface area contributed by atoms with E-state index in [9.17, 15) is 22.8 Å². The van der Waals surface area contributed by atoms with E-state index < -0.39 is 45.4 Å². The molecule has 3 rings (SSSR count). The van der Waals surface area contributed by atoms with Crippen LogP contribution in [0.25, 0.3) is 11.1 Å². The first-order valence-electron chi connectivity index (χ1n) is 13.7. The quantitative estimate of drug-likeness (QED) is 0.490. The number of nitrogens with one attached hydrogen (secondary N) is 1. The first-order valence-corrected chi connectivity index (χ1v) is 15.3. The first-order chi connectivity index (χ1) is 18.6. The fourth-order valence-electron chi connectivity index (χ4n) is 4.91. The van der Waals surface area contributed by atoms with Crippen LogP contribution in [-0.4, -0.2) is 60.7 Å². The predicted molar refractivity (Wildman–Crippen MR) is 154 cm³/mol. The van der Waals surface area contributed by atoms with Gasteiger partial charge in [-0.1, -0.05) is 50.2 Å². The molecule has 1 fully saturated rings. The third-order valence-electron chi connectivity index (χ3n) is 7.21. The number of likely N-dealkylation sites (tertiary alicyclic amines) is 1. The smallest absolute Gasteiger partial charge is 0.411 e. The molecule has 218 valence electrons. The molecule has 3 amide bonds. The number of carbonyl (C=O) groups is 3. The highest BCUT2D eigenvalue weighted by molar-refractivity contribution is 7.91. The van der Waals surface area contributed by atoms with Crippen molar-refractivity contribution in [2.45, 2.75) is 89.4 Å². The fraction of sp³-hybridized carbons (Fsp3) is 0.500. The summed E-state index contributed by atoms with van der Waals surface area (Å²) < 4.78 is 29.7. The SMILES string of the molecule is CCS(=O)(=O)c1ccc(-c2ccc(C[C@H](NC(=O)[C@@H]3[C@H](C)CC[C@H](C)N3C(=O)OC(C)(C)C)C(N)=O)cc2)cc1. The highest BCUT2D eigenvalue weighted by Gasteiger charge is 2.43. The highest BCUT2D eigenvalue weighted by atomic mass is 32.2. The van der Waals surface area contributed by atoms with E-state index in [0.717, 1.165) is 29.5 Å². The molecule has 40 heavy (non-hydrogen) atoms. The molecule has 1 aliphatic rings. The standard InChI is InChI=1S/C30H41N3O6S/c1-7-40(37,38)24-16-14-23(15-17-24)22-12-10-21(11-13-22)18-25(27(31)34)32-28(35)26-19(2)8-9-20(3)33(26)29(36)39-30(4,5)6/h10-17,19-20,25-26H,7-9,18H2,1-6H3,(H2,31,34)(H,32,35)/t19-,20+,25+,26+/m1/s1. The van der Waals surface area contributed by atoms with E-state index in [2.05, 4.69) is 5.32 Å². The second-order valence-electron chi connectivity index (χ2n) is 11.5. The molecule has 2 aromatic rings. The van der Waals surface area contributed by atoms with E-state index in [-0.39, 0.29) is 29.0 Å². The molecule has 1 heterocycles. The maximum atomic E-state index is 13.5. The second kappa shape index (κ2) is 12.4. The summed E-state index contributed by atoms with van der Waals surface area (Å²) in [6.07, 6.45) is 1.12. The minimum Gasteiger partial charge on any atom is -0.444 e. The van der Waals surface area contributed by atoms with Crippen molar-refractivity contribution in [1.82, 2.24) is 10.2 Å². The van der Waals surface area contributed by atoms with Gasteiger partial charge >= 0.3 is 6.09 Å². The molecule has 0 aromatic heterocycles. The van der Waals surface area contributed by atoms with Gasteiger partial charge in [-0.3, -0.25) is 14.5 Å². The van der Waals surface area contributed by atoms with Crippen LogP contribution in [0, 0.1) is 5.92 Å². The van der Waals surface area contributed by atoms with Crippen molar-refractivity contribution in [3.63, 3.8) is 0 Å². The first kappa shape index (κ1) is 31.1. The third-order valence-corrected chi connectivity index (χ3v) is 8.96. The second-order valence-corrected chi connectivity index (χ2v) is 13.8. The summed E-state index contributed by atoms with van der Waals surface area (Å²) in [5.74, 6) is -1.20. The highest BCUT2D eigenvalue weighted by Crippen LogP contribution is 2.30. The lowest BCUT2D eigenvalue weighted by Crippen LogP contribution is -2.61. The Balaban J connectivity index is 1.75. The largest absolute Gasteiger partial charge is 0.444 e. The summed E-state index contributed by atoms with van der Waals surface area (Å²) in [5.41, 5.74) is 7.48. The minimum atomic E-state index is -3.27. The third kappa shape index (κ3) is 7.62. The molecular formula is C30H41N3O6S. The number of primary amides is 1. The molecule has 3 N–H and O–H groups in total. The van der Waals surface area contributed by atoms with E-state index >= 15 is 0 Å². The Labute approximate surface area is 237 Å². The summed E-state index contributed by atoms with van der Waals surface area (Å²) >= 11 is 0. The van der Waals surface area contributed by atoms with E-state index in [0.29, 0.717) is 0 Å². The monoisotopic (exact) mass is 571 g/mol. The number of nitrogens with zero attached hydrogens (tertiary/aromatic N) is 1. The lowest BCUT2D eigenvalue weighted by molar-refractivity contribution is -0.134. The van der Waals surface area contributed by atoms with Crippen molar-refractivity contribution in [3.05, 3.63) is 54.1 Å². The molecule has 0 radical (unpaired) electrons. The number of piperidine rings is 1. The summed E-state index contributed by atoms with van der Waals surface area (Å²) in [4.78, 5) is 40.6. The van der Waals surface area contributed by atoms with Gasteiger partial charge in [0.05, 0.1) is 10.6 Å². The zero-order valence-corrected chi connectivity index (χ0v) is 25.0. The molecule has 1 saturated heterocycles. The van der Waals surface area contributed by atoms with E-state index in [1.807, 2.05) is 38.1 Å². The van der Waals surface area contributed by atoms with E-state index in [1.54, 1.807) is 52.0 Å². The Bertz CT molecular complexity index is 1320. The van der Waals surface area contributed by atoms with Crippen LogP contribution in [0.15, 0.2) is 53.4 Å². The molecule has 2 aromatic carbocycles. The Kier molecular flexibility index (Phi) is 9.66. The Morgan fingerprint density at radius 2 is 1.55 bits per heavy atom. The van der Waals surface area contributed by atoms with Gasteiger partial charge in [-0.2, -0.15) is 0 Å². The lowest BCUT2D eigenvalue weighted by atomic mass is 9.86. The number of amides is 3. The van der Waals surface area contributed by atoms with Crippen LogP contribution in [-0.2, 0) is 30.6 Å². The van der Waals surface area contributed by atoms with Crippen LogP contribution in [0.4, 0.5) is 4.79 Å². The van der Waals surface area contributed by atoms with Gasteiger partial charge in [-0.25, -0.2) is 13.2 Å². The van der Waals surface area contributed by atoms with Crippen LogP contribution in [0.2, 0.25) is 0 Å². The summed E-state index contributed by atoms with van der Waals surface area (Å²) in [6.45, 7) is 10.7. The zero-order chi connectivity index (χ0) is 29.8. The molecule has 0 saturated carbocycles. The average Bonchev–Trinajstić information content (AvgIpc) is 2.88. The number of ether oxygens (including phenoxy) is 1. The minimum absolute atomic E-state index is 0.0380. The van der Waals surface area contributed by atoms with Crippen LogP contribution >= 0.6 is 0 Å². The van der Waals surface area contributed by atoms with Gasteiger partial charge in [-0.15, -0.1) is 0 Å². The van der Waals surface area contributed by atoms with Crippen LogP contribution in [0.5, 0.6) is 0 Å². The van der Waals surface area contributed by atoms with E-state index in [4.69, 9.17) is 10.5 Å². The number of sulfone groups is 1. The van der Waals surface area contributed by atoms with Crippen LogP contribution < -0.4 is 11.1 Å². The van der Waals surface area contributed by atoms with Crippen molar-refractivity contribution >= 4 is 27.7 Å². The molecule has 10 heteroatoms. The van der Waals surface area contributed by atoms with Crippen molar-refractivity contribution in [2.75, 3.05) is 5.75 Å².